The highest BCUT2D eigenvalue weighted by Crippen LogP contribution is 2.46. The van der Waals surface area contributed by atoms with Crippen LogP contribution in [0.25, 0.3) is 0 Å². The Morgan fingerprint density at radius 3 is 2.79 bits per heavy atom. The van der Waals surface area contributed by atoms with Crippen molar-refractivity contribution in [1.82, 2.24) is 0 Å². The van der Waals surface area contributed by atoms with E-state index in [4.69, 9.17) is 15.2 Å². The van der Waals surface area contributed by atoms with Gasteiger partial charge in [-0.05, 0) is 31.2 Å². The molecule has 2 aromatic carbocycles. The molecule has 122 valence electrons. The van der Waals surface area contributed by atoms with Crippen molar-refractivity contribution in [3.8, 4) is 23.3 Å². The van der Waals surface area contributed by atoms with E-state index in [-0.39, 0.29) is 11.6 Å². The van der Waals surface area contributed by atoms with Gasteiger partial charge in [0.15, 0.2) is 0 Å². The first-order valence-corrected chi connectivity index (χ1v) is 8.17. The highest BCUT2D eigenvalue weighted by atomic mass is 79.9. The molecule has 1 heterocycles. The lowest BCUT2D eigenvalue weighted by molar-refractivity contribution is 0.334. The molecule has 3 N–H and O–H groups in total. The topological polar surface area (TPSA) is 88.5 Å². The van der Waals surface area contributed by atoms with E-state index in [0.717, 1.165) is 15.6 Å². The molecule has 24 heavy (non-hydrogen) atoms. The van der Waals surface area contributed by atoms with Gasteiger partial charge >= 0.3 is 0 Å². The van der Waals surface area contributed by atoms with Crippen LogP contribution in [-0.4, -0.2) is 11.7 Å². The minimum atomic E-state index is -0.432. The highest BCUT2D eigenvalue weighted by molar-refractivity contribution is 9.10. The van der Waals surface area contributed by atoms with Gasteiger partial charge in [0.1, 0.15) is 28.9 Å². The zero-order chi connectivity index (χ0) is 17.3. The van der Waals surface area contributed by atoms with Gasteiger partial charge in [-0.1, -0.05) is 22.0 Å². The second kappa shape index (κ2) is 6.46. The van der Waals surface area contributed by atoms with Crippen LogP contribution in [0.4, 0.5) is 0 Å². The number of nitriles is 1. The number of nitrogens with two attached hydrogens (primary N) is 1. The summed E-state index contributed by atoms with van der Waals surface area (Å²) in [6.07, 6.45) is 0. The van der Waals surface area contributed by atoms with Crippen LogP contribution in [0.2, 0.25) is 0 Å². The molecule has 5 nitrogen and oxygen atoms in total. The first kappa shape index (κ1) is 16.2. The van der Waals surface area contributed by atoms with Crippen molar-refractivity contribution in [2.45, 2.75) is 12.8 Å². The Balaban J connectivity index is 2.26. The third-order valence-electron chi connectivity index (χ3n) is 3.79. The fourth-order valence-electron chi connectivity index (χ4n) is 2.80. The SMILES string of the molecule is CCOc1ccc(Br)cc1[C@H]1C(C#N)=C(N)Oc2cc(O)ccc21. The van der Waals surface area contributed by atoms with Crippen molar-refractivity contribution in [2.75, 3.05) is 6.61 Å². The molecule has 0 saturated heterocycles. The maximum atomic E-state index is 9.70. The van der Waals surface area contributed by atoms with E-state index >= 15 is 0 Å². The number of fused-ring (bicyclic) bond motifs is 1. The Kier molecular flexibility index (Phi) is 4.36. The van der Waals surface area contributed by atoms with Gasteiger partial charge in [-0.25, -0.2) is 0 Å². The first-order valence-electron chi connectivity index (χ1n) is 7.38. The molecular weight excluding hydrogens is 372 g/mol. The summed E-state index contributed by atoms with van der Waals surface area (Å²) in [7, 11) is 0. The molecule has 0 spiro atoms. The fraction of sp³-hybridized carbons (Fsp3) is 0.167. The van der Waals surface area contributed by atoms with Gasteiger partial charge in [0.2, 0.25) is 5.88 Å². The summed E-state index contributed by atoms with van der Waals surface area (Å²) < 4.78 is 12.1. The van der Waals surface area contributed by atoms with Crippen molar-refractivity contribution >= 4 is 15.9 Å². The van der Waals surface area contributed by atoms with Gasteiger partial charge in [0.05, 0.1) is 12.5 Å². The van der Waals surface area contributed by atoms with Crippen LogP contribution >= 0.6 is 15.9 Å². The second-order valence-corrected chi connectivity index (χ2v) is 6.18. The maximum Gasteiger partial charge on any atom is 0.205 e. The number of aromatic hydroxyl groups is 1. The van der Waals surface area contributed by atoms with Crippen molar-refractivity contribution in [3.63, 3.8) is 0 Å². The van der Waals surface area contributed by atoms with E-state index in [1.807, 2.05) is 25.1 Å². The molecule has 0 radical (unpaired) electrons. The molecule has 1 atom stereocenters. The Morgan fingerprint density at radius 2 is 2.08 bits per heavy atom. The van der Waals surface area contributed by atoms with Crippen LogP contribution in [0.15, 0.2) is 52.3 Å². The molecule has 0 fully saturated rings. The van der Waals surface area contributed by atoms with Crippen LogP contribution in [0, 0.1) is 11.3 Å². The van der Waals surface area contributed by atoms with Gasteiger partial charge in [0.25, 0.3) is 0 Å². The molecule has 3 rings (SSSR count). The number of rotatable bonds is 3. The molecule has 2 aromatic rings. The van der Waals surface area contributed by atoms with E-state index in [9.17, 15) is 10.4 Å². The van der Waals surface area contributed by atoms with Gasteiger partial charge in [-0.3, -0.25) is 0 Å². The first-order chi connectivity index (χ1) is 11.5. The lowest BCUT2D eigenvalue weighted by atomic mass is 9.83. The number of phenolic OH excluding ortho intramolecular Hbond substituents is 1. The Labute approximate surface area is 148 Å². The third kappa shape index (κ3) is 2.79. The molecule has 1 aliphatic heterocycles. The normalized spacial score (nSPS) is 16.1. The molecular formula is C18H15BrN2O3. The summed E-state index contributed by atoms with van der Waals surface area (Å²) >= 11 is 3.47. The van der Waals surface area contributed by atoms with E-state index in [1.165, 1.54) is 6.07 Å². The molecule has 0 aromatic heterocycles. The number of hydrogen-bond acceptors (Lipinski definition) is 5. The summed E-state index contributed by atoms with van der Waals surface area (Å²) in [6, 6.07) is 12.6. The Hall–Kier alpha value is -2.65. The van der Waals surface area contributed by atoms with Crippen LogP contribution in [0.3, 0.4) is 0 Å². The summed E-state index contributed by atoms with van der Waals surface area (Å²) in [5.41, 5.74) is 7.81. The molecule has 0 saturated carbocycles. The van der Waals surface area contributed by atoms with Crippen molar-refractivity contribution in [1.29, 1.82) is 5.26 Å². The average molecular weight is 387 g/mol. The molecule has 0 amide bonds. The maximum absolute atomic E-state index is 9.70. The summed E-state index contributed by atoms with van der Waals surface area (Å²) in [5.74, 6) is 0.771. The number of ether oxygens (including phenoxy) is 2. The zero-order valence-electron chi connectivity index (χ0n) is 12.9. The van der Waals surface area contributed by atoms with Gasteiger partial charge < -0.3 is 20.3 Å². The van der Waals surface area contributed by atoms with E-state index in [0.29, 0.717) is 23.7 Å². The van der Waals surface area contributed by atoms with Crippen LogP contribution in [0.1, 0.15) is 24.0 Å². The largest absolute Gasteiger partial charge is 0.508 e. The lowest BCUT2D eigenvalue weighted by Gasteiger charge is -2.27. The molecule has 1 aliphatic rings. The predicted octanol–water partition coefficient (Wildman–Crippen LogP) is 3.77. The minimum absolute atomic E-state index is 0.0306. The Bertz CT molecular complexity index is 871. The Morgan fingerprint density at radius 1 is 1.29 bits per heavy atom. The van der Waals surface area contributed by atoms with Crippen LogP contribution in [0.5, 0.6) is 17.2 Å². The number of halogens is 1. The quantitative estimate of drug-likeness (QED) is 0.837. The van der Waals surface area contributed by atoms with E-state index < -0.39 is 5.92 Å². The van der Waals surface area contributed by atoms with Gasteiger partial charge in [0, 0.05) is 21.7 Å². The third-order valence-corrected chi connectivity index (χ3v) is 4.28. The monoisotopic (exact) mass is 386 g/mol. The lowest BCUT2D eigenvalue weighted by Crippen LogP contribution is -2.21. The van der Waals surface area contributed by atoms with Crippen molar-refractivity contribution in [2.24, 2.45) is 5.73 Å². The number of phenols is 1. The number of allylic oxidation sites excluding steroid dienone is 1. The van der Waals surface area contributed by atoms with Gasteiger partial charge in [-0.15, -0.1) is 0 Å². The molecule has 6 heteroatoms. The van der Waals surface area contributed by atoms with Crippen molar-refractivity contribution < 1.29 is 14.6 Å². The number of hydrogen-bond donors (Lipinski definition) is 2. The standard InChI is InChI=1S/C18H15BrN2O3/c1-2-23-15-6-3-10(19)7-13(15)17-12-5-4-11(22)8-16(12)24-18(21)14(17)9-20/h3-8,17,22H,2,21H2,1H3/t17-/m0/s1. The highest BCUT2D eigenvalue weighted by Gasteiger charge is 2.32. The smallest absolute Gasteiger partial charge is 0.205 e. The second-order valence-electron chi connectivity index (χ2n) is 5.26. The summed E-state index contributed by atoms with van der Waals surface area (Å²) in [4.78, 5) is 0. The minimum Gasteiger partial charge on any atom is -0.508 e. The molecule has 0 bridgehead atoms. The van der Waals surface area contributed by atoms with Crippen LogP contribution in [-0.2, 0) is 0 Å². The predicted molar refractivity (Wildman–Crippen MR) is 92.7 cm³/mol. The number of nitrogens with zero attached hydrogens (tertiary/aromatic N) is 1. The van der Waals surface area contributed by atoms with E-state index in [1.54, 1.807) is 12.1 Å². The fourth-order valence-corrected chi connectivity index (χ4v) is 3.17. The average Bonchev–Trinajstić information content (AvgIpc) is 2.55. The molecule has 0 unspecified atom stereocenters. The van der Waals surface area contributed by atoms with E-state index in [2.05, 4.69) is 22.0 Å². The molecule has 0 aliphatic carbocycles. The van der Waals surface area contributed by atoms with Crippen molar-refractivity contribution in [3.05, 3.63) is 63.5 Å². The number of benzene rings is 2. The zero-order valence-corrected chi connectivity index (χ0v) is 14.5. The summed E-state index contributed by atoms with van der Waals surface area (Å²) in [6.45, 7) is 2.40. The summed E-state index contributed by atoms with van der Waals surface area (Å²) in [5, 5.41) is 19.3. The van der Waals surface area contributed by atoms with Gasteiger partial charge in [-0.2, -0.15) is 5.26 Å². The van der Waals surface area contributed by atoms with Crippen LogP contribution < -0.4 is 15.2 Å².